The lowest BCUT2D eigenvalue weighted by atomic mass is 10.4. The molecular formula is C5H4ClFN2O. The van der Waals surface area contributed by atoms with Gasteiger partial charge in [-0.05, 0) is 0 Å². The molecule has 1 aromatic rings. The minimum absolute atomic E-state index is 0.183. The molecule has 0 bridgehead atoms. The Morgan fingerprint density at radius 3 is 2.80 bits per heavy atom. The predicted octanol–water partition coefficient (Wildman–Crippen LogP) is 0.750. The van der Waals surface area contributed by atoms with E-state index >= 15 is 0 Å². The van der Waals surface area contributed by atoms with Crippen LogP contribution in [0.15, 0.2) is 11.0 Å². The number of H-pyrrole nitrogens is 1. The minimum atomic E-state index is -0.870. The van der Waals surface area contributed by atoms with Crippen molar-refractivity contribution in [3.63, 3.8) is 0 Å². The van der Waals surface area contributed by atoms with Gasteiger partial charge in [-0.3, -0.25) is 4.79 Å². The van der Waals surface area contributed by atoms with Crippen molar-refractivity contribution < 1.29 is 4.39 Å². The first-order valence-corrected chi connectivity index (χ1v) is 2.83. The van der Waals surface area contributed by atoms with E-state index in [-0.39, 0.29) is 5.02 Å². The van der Waals surface area contributed by atoms with E-state index in [1.165, 1.54) is 0 Å². The van der Waals surface area contributed by atoms with Gasteiger partial charge in [0.1, 0.15) is 5.69 Å². The molecule has 10 heavy (non-hydrogen) atoms. The standard InChI is InChI=1S/C5H4ClFN2O/c6-2-1-9-5(10)4(8)3(2)7/h1H,8H2,(H,9,10). The molecule has 0 saturated heterocycles. The fourth-order valence-electron chi connectivity index (χ4n) is 0.498. The van der Waals surface area contributed by atoms with Gasteiger partial charge in [-0.2, -0.15) is 0 Å². The second-order valence-electron chi connectivity index (χ2n) is 1.69. The van der Waals surface area contributed by atoms with E-state index in [0.717, 1.165) is 6.20 Å². The van der Waals surface area contributed by atoms with Crippen LogP contribution >= 0.6 is 11.6 Å². The van der Waals surface area contributed by atoms with Crippen LogP contribution in [-0.2, 0) is 0 Å². The van der Waals surface area contributed by atoms with Crippen LogP contribution < -0.4 is 11.3 Å². The Morgan fingerprint density at radius 2 is 2.30 bits per heavy atom. The molecule has 5 heteroatoms. The van der Waals surface area contributed by atoms with Gasteiger partial charge in [0.05, 0.1) is 5.02 Å². The summed E-state index contributed by atoms with van der Waals surface area (Å²) in [6.45, 7) is 0. The molecule has 54 valence electrons. The summed E-state index contributed by atoms with van der Waals surface area (Å²) in [6.07, 6.45) is 1.05. The second kappa shape index (κ2) is 2.30. The fraction of sp³-hybridized carbons (Fsp3) is 0. The lowest BCUT2D eigenvalue weighted by Gasteiger charge is -1.94. The van der Waals surface area contributed by atoms with Crippen LogP contribution in [0.5, 0.6) is 0 Å². The van der Waals surface area contributed by atoms with Crippen LogP contribution in [0, 0.1) is 5.82 Å². The third kappa shape index (κ3) is 0.974. The molecule has 1 aromatic heterocycles. The predicted molar refractivity (Wildman–Crippen MR) is 36.4 cm³/mol. The number of pyridine rings is 1. The molecule has 0 atom stereocenters. The van der Waals surface area contributed by atoms with Crippen molar-refractivity contribution in [1.29, 1.82) is 0 Å². The summed E-state index contributed by atoms with van der Waals surface area (Å²) in [5.41, 5.74) is 3.84. The van der Waals surface area contributed by atoms with E-state index in [0.29, 0.717) is 0 Å². The maximum absolute atomic E-state index is 12.5. The molecule has 0 unspecified atom stereocenters. The highest BCUT2D eigenvalue weighted by atomic mass is 35.5. The topological polar surface area (TPSA) is 58.9 Å². The number of nitrogens with two attached hydrogens (primary N) is 1. The summed E-state index contributed by atoms with van der Waals surface area (Å²) >= 11 is 5.26. The van der Waals surface area contributed by atoms with Gasteiger partial charge in [0, 0.05) is 6.20 Å². The zero-order valence-corrected chi connectivity index (χ0v) is 5.57. The van der Waals surface area contributed by atoms with E-state index in [4.69, 9.17) is 17.3 Å². The molecule has 0 amide bonds. The van der Waals surface area contributed by atoms with Crippen molar-refractivity contribution in [3.05, 3.63) is 27.4 Å². The number of halogens is 2. The number of nitrogen functional groups attached to an aromatic ring is 1. The lowest BCUT2D eigenvalue weighted by Crippen LogP contribution is -2.13. The number of aromatic amines is 1. The first kappa shape index (κ1) is 7.08. The van der Waals surface area contributed by atoms with Crippen LogP contribution in [0.1, 0.15) is 0 Å². The fourth-order valence-corrected chi connectivity index (χ4v) is 0.655. The highest BCUT2D eigenvalue weighted by Gasteiger charge is 2.05. The molecule has 0 aliphatic heterocycles. The van der Waals surface area contributed by atoms with Gasteiger partial charge < -0.3 is 10.7 Å². The van der Waals surface area contributed by atoms with Crippen molar-refractivity contribution in [3.8, 4) is 0 Å². The summed E-state index contributed by atoms with van der Waals surface area (Å²) < 4.78 is 12.5. The normalized spacial score (nSPS) is 9.80. The van der Waals surface area contributed by atoms with Gasteiger partial charge in [-0.25, -0.2) is 4.39 Å². The second-order valence-corrected chi connectivity index (χ2v) is 2.10. The maximum Gasteiger partial charge on any atom is 0.274 e. The molecule has 1 heterocycles. The number of hydrogen-bond donors (Lipinski definition) is 2. The van der Waals surface area contributed by atoms with E-state index in [1.54, 1.807) is 0 Å². The van der Waals surface area contributed by atoms with Gasteiger partial charge in [0.15, 0.2) is 5.82 Å². The van der Waals surface area contributed by atoms with Gasteiger partial charge >= 0.3 is 0 Å². The Morgan fingerprint density at radius 1 is 1.70 bits per heavy atom. The third-order valence-corrected chi connectivity index (χ3v) is 1.30. The molecule has 3 N–H and O–H groups in total. The van der Waals surface area contributed by atoms with Crippen LogP contribution in [-0.4, -0.2) is 4.98 Å². The molecule has 0 fully saturated rings. The monoisotopic (exact) mass is 162 g/mol. The molecular weight excluding hydrogens is 159 g/mol. The SMILES string of the molecule is Nc1c(F)c(Cl)c[nH]c1=O. The first-order chi connectivity index (χ1) is 4.63. The molecule has 0 aliphatic rings. The Bertz CT molecular complexity index is 309. The van der Waals surface area contributed by atoms with E-state index < -0.39 is 17.1 Å². The Balaban J connectivity index is 3.49. The number of aromatic nitrogens is 1. The Hall–Kier alpha value is -1.03. The van der Waals surface area contributed by atoms with Crippen molar-refractivity contribution in [2.24, 2.45) is 0 Å². The largest absolute Gasteiger partial charge is 0.392 e. The van der Waals surface area contributed by atoms with Crippen LogP contribution in [0.3, 0.4) is 0 Å². The van der Waals surface area contributed by atoms with Crippen molar-refractivity contribution in [2.75, 3.05) is 5.73 Å². The van der Waals surface area contributed by atoms with Crippen LogP contribution in [0.2, 0.25) is 5.02 Å². The summed E-state index contributed by atoms with van der Waals surface area (Å²) in [4.78, 5) is 12.7. The quantitative estimate of drug-likeness (QED) is 0.592. The smallest absolute Gasteiger partial charge is 0.274 e. The van der Waals surface area contributed by atoms with E-state index in [1.807, 2.05) is 0 Å². The maximum atomic E-state index is 12.5. The first-order valence-electron chi connectivity index (χ1n) is 2.45. The average molecular weight is 163 g/mol. The molecule has 0 aromatic carbocycles. The summed E-state index contributed by atoms with van der Waals surface area (Å²) in [6, 6.07) is 0. The molecule has 0 aliphatic carbocycles. The summed E-state index contributed by atoms with van der Waals surface area (Å²) in [5, 5.41) is -0.183. The lowest BCUT2D eigenvalue weighted by molar-refractivity contribution is 0.629. The van der Waals surface area contributed by atoms with E-state index in [9.17, 15) is 9.18 Å². The number of nitrogens with one attached hydrogen (secondary N) is 1. The van der Waals surface area contributed by atoms with Crippen molar-refractivity contribution in [1.82, 2.24) is 4.98 Å². The van der Waals surface area contributed by atoms with Gasteiger partial charge in [0.25, 0.3) is 5.56 Å². The van der Waals surface area contributed by atoms with Crippen molar-refractivity contribution >= 4 is 17.3 Å². The Kier molecular flexibility index (Phi) is 1.63. The number of anilines is 1. The summed E-state index contributed by atoms with van der Waals surface area (Å²) in [7, 11) is 0. The zero-order chi connectivity index (χ0) is 7.72. The third-order valence-electron chi connectivity index (χ3n) is 1.02. The van der Waals surface area contributed by atoms with Gasteiger partial charge in [0.2, 0.25) is 0 Å². The van der Waals surface area contributed by atoms with Crippen LogP contribution in [0.25, 0.3) is 0 Å². The number of rotatable bonds is 0. The summed E-state index contributed by atoms with van der Waals surface area (Å²) in [5.74, 6) is -0.870. The highest BCUT2D eigenvalue weighted by molar-refractivity contribution is 6.30. The molecule has 3 nitrogen and oxygen atoms in total. The molecule has 0 radical (unpaired) electrons. The number of hydrogen-bond acceptors (Lipinski definition) is 2. The molecule has 0 saturated carbocycles. The van der Waals surface area contributed by atoms with Gasteiger partial charge in [-0.15, -0.1) is 0 Å². The average Bonchev–Trinajstić information content (AvgIpc) is 1.93. The Labute approximate surface area is 60.6 Å². The molecule has 0 spiro atoms. The van der Waals surface area contributed by atoms with E-state index in [2.05, 4.69) is 4.98 Å². The zero-order valence-electron chi connectivity index (χ0n) is 4.82. The minimum Gasteiger partial charge on any atom is -0.392 e. The van der Waals surface area contributed by atoms with Crippen molar-refractivity contribution in [2.45, 2.75) is 0 Å². The van der Waals surface area contributed by atoms with Crippen LogP contribution in [0.4, 0.5) is 10.1 Å². The molecule has 1 rings (SSSR count). The van der Waals surface area contributed by atoms with Gasteiger partial charge in [-0.1, -0.05) is 11.6 Å². The highest BCUT2D eigenvalue weighted by Crippen LogP contribution is 2.13.